The highest BCUT2D eigenvalue weighted by molar-refractivity contribution is 7.21. The van der Waals surface area contributed by atoms with Crippen LogP contribution in [0.2, 0.25) is 0 Å². The number of hydrogen-bond acceptors (Lipinski definition) is 0. The van der Waals surface area contributed by atoms with Gasteiger partial charge in [0.1, 0.15) is 0 Å². The van der Waals surface area contributed by atoms with Crippen molar-refractivity contribution in [1.29, 1.82) is 0 Å². The molecule has 0 bridgehead atoms. The molecule has 1 unspecified atom stereocenters. The second kappa shape index (κ2) is 5.29. The van der Waals surface area contributed by atoms with Crippen molar-refractivity contribution in [3.63, 3.8) is 0 Å². The summed E-state index contributed by atoms with van der Waals surface area (Å²) in [5, 5.41) is 2.58. The van der Waals surface area contributed by atoms with Crippen molar-refractivity contribution in [2.24, 2.45) is 0 Å². The van der Waals surface area contributed by atoms with E-state index in [4.69, 9.17) is 11.1 Å². The summed E-state index contributed by atoms with van der Waals surface area (Å²) in [5.74, 6) is 0. The van der Waals surface area contributed by atoms with Gasteiger partial charge >= 0.3 is 0 Å². The summed E-state index contributed by atoms with van der Waals surface area (Å²) in [7, 11) is -1.55. The Kier molecular flexibility index (Phi) is 3.93. The summed E-state index contributed by atoms with van der Waals surface area (Å²) in [6.07, 6.45) is 0. The van der Waals surface area contributed by atoms with Gasteiger partial charge in [0, 0.05) is 0 Å². The predicted molar refractivity (Wildman–Crippen MR) is 83.9 cm³/mol. The maximum absolute atomic E-state index is 6.69. The van der Waals surface area contributed by atoms with Crippen LogP contribution in [0.5, 0.6) is 0 Å². The maximum Gasteiger partial charge on any atom is 0.201 e. The van der Waals surface area contributed by atoms with Crippen molar-refractivity contribution in [3.05, 3.63) is 60.2 Å². The lowest BCUT2D eigenvalue weighted by molar-refractivity contribution is 0.591. The Hall–Kier alpha value is -1.05. The molecular weight excluding hydrogens is 256 g/mol. The van der Waals surface area contributed by atoms with Gasteiger partial charge in [0.25, 0.3) is 0 Å². The second-order valence-corrected chi connectivity index (χ2v) is 9.02. The first kappa shape index (κ1) is 13.4. The number of rotatable bonds is 2. The molecular formula is C16H19ClSi. The zero-order valence-corrected chi connectivity index (χ0v) is 13.1. The SMILES string of the molecule is CC(C)(C)c1cccc([SiH](Cl)c2ccccc2)c1. The van der Waals surface area contributed by atoms with Gasteiger partial charge in [-0.3, -0.25) is 0 Å². The smallest absolute Gasteiger partial charge is 0.159 e. The predicted octanol–water partition coefficient (Wildman–Crippen LogP) is 3.06. The van der Waals surface area contributed by atoms with Crippen molar-refractivity contribution in [2.75, 3.05) is 0 Å². The summed E-state index contributed by atoms with van der Waals surface area (Å²) in [5.41, 5.74) is 1.53. The van der Waals surface area contributed by atoms with Crippen molar-refractivity contribution in [1.82, 2.24) is 0 Å². The van der Waals surface area contributed by atoms with Gasteiger partial charge in [-0.25, -0.2) is 0 Å². The molecule has 1 atom stereocenters. The normalized spacial score (nSPS) is 13.3. The quantitative estimate of drug-likeness (QED) is 0.583. The van der Waals surface area contributed by atoms with Crippen LogP contribution in [-0.2, 0) is 5.41 Å². The topological polar surface area (TPSA) is 0 Å². The highest BCUT2D eigenvalue weighted by Gasteiger charge is 2.17. The van der Waals surface area contributed by atoms with Gasteiger partial charge in [0.15, 0.2) is 0 Å². The molecule has 0 heterocycles. The zero-order chi connectivity index (χ0) is 13.2. The van der Waals surface area contributed by atoms with E-state index in [2.05, 4.69) is 69.3 Å². The minimum atomic E-state index is -1.55. The fourth-order valence-corrected chi connectivity index (χ4v) is 4.37. The van der Waals surface area contributed by atoms with E-state index in [-0.39, 0.29) is 5.41 Å². The molecule has 0 aliphatic heterocycles. The highest BCUT2D eigenvalue weighted by atomic mass is 35.6. The van der Waals surface area contributed by atoms with Crippen LogP contribution in [0.15, 0.2) is 54.6 Å². The van der Waals surface area contributed by atoms with E-state index >= 15 is 0 Å². The van der Waals surface area contributed by atoms with Gasteiger partial charge in [0.2, 0.25) is 8.11 Å². The zero-order valence-electron chi connectivity index (χ0n) is 11.2. The van der Waals surface area contributed by atoms with Crippen LogP contribution in [0.4, 0.5) is 0 Å². The molecule has 0 radical (unpaired) electrons. The molecule has 0 aromatic heterocycles. The molecule has 0 nitrogen and oxygen atoms in total. The first-order chi connectivity index (χ1) is 8.48. The van der Waals surface area contributed by atoms with Crippen LogP contribution < -0.4 is 10.4 Å². The largest absolute Gasteiger partial charge is 0.201 e. The molecule has 0 saturated heterocycles. The Morgan fingerprint density at radius 1 is 0.833 bits per heavy atom. The number of hydrogen-bond donors (Lipinski definition) is 0. The monoisotopic (exact) mass is 274 g/mol. The molecule has 0 amide bonds. The van der Waals surface area contributed by atoms with Crippen molar-refractivity contribution < 1.29 is 0 Å². The average Bonchev–Trinajstić information content (AvgIpc) is 2.38. The summed E-state index contributed by atoms with van der Waals surface area (Å²) < 4.78 is 0. The second-order valence-electron chi connectivity index (χ2n) is 5.65. The molecule has 2 aromatic carbocycles. The van der Waals surface area contributed by atoms with Crippen molar-refractivity contribution in [2.45, 2.75) is 26.2 Å². The fourth-order valence-electron chi connectivity index (χ4n) is 1.98. The van der Waals surface area contributed by atoms with E-state index in [0.29, 0.717) is 0 Å². The summed E-state index contributed by atoms with van der Waals surface area (Å²) in [6.45, 7) is 6.71. The minimum absolute atomic E-state index is 0.178. The third kappa shape index (κ3) is 3.04. The third-order valence-corrected chi connectivity index (χ3v) is 6.56. The van der Waals surface area contributed by atoms with Gasteiger partial charge in [-0.15, -0.1) is 0 Å². The molecule has 0 aliphatic rings. The minimum Gasteiger partial charge on any atom is -0.159 e. The van der Waals surface area contributed by atoms with E-state index < -0.39 is 8.11 Å². The lowest BCUT2D eigenvalue weighted by Crippen LogP contribution is -2.37. The third-order valence-electron chi connectivity index (χ3n) is 3.14. The molecule has 2 heteroatoms. The molecule has 0 saturated carbocycles. The van der Waals surface area contributed by atoms with Crippen LogP contribution in [0.1, 0.15) is 26.3 Å². The molecule has 0 aliphatic carbocycles. The maximum atomic E-state index is 6.69. The Bertz CT molecular complexity index is 514. The van der Waals surface area contributed by atoms with Gasteiger partial charge in [0.05, 0.1) is 0 Å². The molecule has 0 N–H and O–H groups in total. The van der Waals surface area contributed by atoms with E-state index in [1.807, 2.05) is 6.07 Å². The van der Waals surface area contributed by atoms with Gasteiger partial charge < -0.3 is 0 Å². The van der Waals surface area contributed by atoms with Gasteiger partial charge in [-0.05, 0) is 21.4 Å². The lowest BCUT2D eigenvalue weighted by Gasteiger charge is -2.20. The number of halogens is 1. The standard InChI is InChI=1S/C16H19ClSi/c1-16(2,3)13-8-7-11-15(12-13)18(17)14-9-5-4-6-10-14/h4-12,18H,1-3H3. The van der Waals surface area contributed by atoms with Crippen LogP contribution in [0, 0.1) is 0 Å². The van der Waals surface area contributed by atoms with Crippen LogP contribution in [0.3, 0.4) is 0 Å². The van der Waals surface area contributed by atoms with Crippen LogP contribution in [0.25, 0.3) is 0 Å². The van der Waals surface area contributed by atoms with E-state index in [9.17, 15) is 0 Å². The molecule has 94 valence electrons. The number of benzene rings is 2. The van der Waals surface area contributed by atoms with E-state index in [1.54, 1.807) is 0 Å². The highest BCUT2D eigenvalue weighted by Crippen LogP contribution is 2.20. The van der Waals surface area contributed by atoms with E-state index in [1.165, 1.54) is 15.9 Å². The Labute approximate surface area is 116 Å². The van der Waals surface area contributed by atoms with Gasteiger partial charge in [-0.2, -0.15) is 11.1 Å². The Balaban J connectivity index is 2.35. The van der Waals surface area contributed by atoms with Crippen molar-refractivity contribution >= 4 is 29.6 Å². The van der Waals surface area contributed by atoms with Crippen LogP contribution >= 0.6 is 11.1 Å². The van der Waals surface area contributed by atoms with Crippen LogP contribution in [-0.4, -0.2) is 8.11 Å². The summed E-state index contributed by atoms with van der Waals surface area (Å²) in [4.78, 5) is 0. The molecule has 0 fully saturated rings. The molecule has 18 heavy (non-hydrogen) atoms. The van der Waals surface area contributed by atoms with Crippen molar-refractivity contribution in [3.8, 4) is 0 Å². The molecule has 2 aromatic rings. The van der Waals surface area contributed by atoms with E-state index in [0.717, 1.165) is 0 Å². The lowest BCUT2D eigenvalue weighted by atomic mass is 9.87. The molecule has 0 spiro atoms. The first-order valence-corrected chi connectivity index (χ1v) is 9.18. The first-order valence-electron chi connectivity index (χ1n) is 6.28. The molecule has 2 rings (SSSR count). The fraction of sp³-hybridized carbons (Fsp3) is 0.250. The summed E-state index contributed by atoms with van der Waals surface area (Å²) >= 11 is 6.69. The van der Waals surface area contributed by atoms with Gasteiger partial charge in [-0.1, -0.05) is 75.4 Å². The Morgan fingerprint density at radius 3 is 2.06 bits per heavy atom. The summed E-state index contributed by atoms with van der Waals surface area (Å²) in [6, 6.07) is 19.2. The Morgan fingerprint density at radius 2 is 1.44 bits per heavy atom. The average molecular weight is 275 g/mol.